The first-order valence-electron chi connectivity index (χ1n) is 6.60. The van der Waals surface area contributed by atoms with Crippen LogP contribution in [0.5, 0.6) is 0 Å². The van der Waals surface area contributed by atoms with Crippen molar-refractivity contribution in [2.24, 2.45) is 5.92 Å². The van der Waals surface area contributed by atoms with Crippen LogP contribution in [0.1, 0.15) is 33.1 Å². The van der Waals surface area contributed by atoms with Gasteiger partial charge in [0.05, 0.1) is 12.4 Å². The highest BCUT2D eigenvalue weighted by atomic mass is 32.2. The lowest BCUT2D eigenvalue weighted by molar-refractivity contribution is 0.175. The van der Waals surface area contributed by atoms with E-state index in [0.717, 1.165) is 39.0 Å². The van der Waals surface area contributed by atoms with Crippen LogP contribution in [0.25, 0.3) is 0 Å². The number of hydrogen-bond acceptors (Lipinski definition) is 4. The summed E-state index contributed by atoms with van der Waals surface area (Å²) in [7, 11) is -2.81. The molecule has 0 aromatic heterocycles. The second-order valence-corrected chi connectivity index (χ2v) is 7.14. The Bertz CT molecular complexity index is 297. The highest BCUT2D eigenvalue weighted by Gasteiger charge is 2.25. The first-order chi connectivity index (χ1) is 8.09. The summed E-state index contributed by atoms with van der Waals surface area (Å²) >= 11 is 0. The molecule has 0 saturated carbocycles. The van der Waals surface area contributed by atoms with E-state index in [-0.39, 0.29) is 5.75 Å². The molecule has 2 atom stereocenters. The van der Waals surface area contributed by atoms with Crippen molar-refractivity contribution < 1.29 is 13.2 Å². The van der Waals surface area contributed by atoms with Crippen molar-refractivity contribution >= 4 is 9.84 Å². The molecular weight excluding hydrogens is 238 g/mol. The molecule has 17 heavy (non-hydrogen) atoms. The molecule has 0 radical (unpaired) electrons. The molecule has 0 amide bonds. The third kappa shape index (κ3) is 5.36. The molecule has 1 fully saturated rings. The van der Waals surface area contributed by atoms with Crippen molar-refractivity contribution in [3.63, 3.8) is 0 Å². The molecule has 0 aromatic rings. The average Bonchev–Trinajstić information content (AvgIpc) is 2.81. The van der Waals surface area contributed by atoms with E-state index in [1.165, 1.54) is 0 Å². The fraction of sp³-hybridized carbons (Fsp3) is 1.00. The van der Waals surface area contributed by atoms with E-state index < -0.39 is 9.84 Å². The van der Waals surface area contributed by atoms with Crippen LogP contribution in [0.3, 0.4) is 0 Å². The zero-order chi connectivity index (χ0) is 12.7. The van der Waals surface area contributed by atoms with Crippen molar-refractivity contribution in [1.82, 2.24) is 5.32 Å². The van der Waals surface area contributed by atoms with Crippen LogP contribution < -0.4 is 5.32 Å². The molecule has 102 valence electrons. The highest BCUT2D eigenvalue weighted by Crippen LogP contribution is 2.20. The molecule has 1 saturated heterocycles. The largest absolute Gasteiger partial charge is 0.381 e. The van der Waals surface area contributed by atoms with E-state index in [1.54, 1.807) is 6.92 Å². The summed E-state index contributed by atoms with van der Waals surface area (Å²) in [5.74, 6) is 1.13. The number of rotatable bonds is 8. The summed E-state index contributed by atoms with van der Waals surface area (Å²) in [6, 6.07) is 0.412. The maximum absolute atomic E-state index is 11.4. The molecule has 1 heterocycles. The molecule has 1 N–H and O–H groups in total. The van der Waals surface area contributed by atoms with Gasteiger partial charge in [0.1, 0.15) is 9.84 Å². The number of sulfone groups is 1. The quantitative estimate of drug-likeness (QED) is 0.715. The molecule has 5 heteroatoms. The normalized spacial score (nSPS) is 22.8. The van der Waals surface area contributed by atoms with Gasteiger partial charge in [0.2, 0.25) is 0 Å². The summed E-state index contributed by atoms with van der Waals surface area (Å²) in [4.78, 5) is 0. The van der Waals surface area contributed by atoms with Crippen LogP contribution >= 0.6 is 0 Å². The second kappa shape index (κ2) is 7.34. The van der Waals surface area contributed by atoms with E-state index in [2.05, 4.69) is 12.2 Å². The minimum absolute atomic E-state index is 0.255. The second-order valence-electron chi connectivity index (χ2n) is 4.67. The van der Waals surface area contributed by atoms with Crippen molar-refractivity contribution in [2.75, 3.05) is 31.3 Å². The predicted octanol–water partition coefficient (Wildman–Crippen LogP) is 1.22. The Morgan fingerprint density at radius 3 is 2.71 bits per heavy atom. The van der Waals surface area contributed by atoms with Gasteiger partial charge in [0.25, 0.3) is 0 Å². The molecule has 1 rings (SSSR count). The van der Waals surface area contributed by atoms with E-state index in [4.69, 9.17) is 4.74 Å². The Morgan fingerprint density at radius 2 is 2.18 bits per heavy atom. The monoisotopic (exact) mass is 263 g/mol. The minimum Gasteiger partial charge on any atom is -0.381 e. The van der Waals surface area contributed by atoms with Gasteiger partial charge in [-0.3, -0.25) is 0 Å². The van der Waals surface area contributed by atoms with Crippen LogP contribution in [-0.4, -0.2) is 45.7 Å². The van der Waals surface area contributed by atoms with Gasteiger partial charge in [-0.15, -0.1) is 0 Å². The Kier molecular flexibility index (Phi) is 6.44. The van der Waals surface area contributed by atoms with Gasteiger partial charge in [-0.25, -0.2) is 8.42 Å². The fourth-order valence-electron chi connectivity index (χ4n) is 2.30. The van der Waals surface area contributed by atoms with E-state index >= 15 is 0 Å². The summed E-state index contributed by atoms with van der Waals surface area (Å²) < 4.78 is 28.2. The van der Waals surface area contributed by atoms with Crippen molar-refractivity contribution in [3.05, 3.63) is 0 Å². The van der Waals surface area contributed by atoms with E-state index in [9.17, 15) is 8.42 Å². The lowest BCUT2D eigenvalue weighted by Crippen LogP contribution is -2.36. The molecule has 0 aromatic carbocycles. The van der Waals surface area contributed by atoms with Crippen LogP contribution in [-0.2, 0) is 14.6 Å². The van der Waals surface area contributed by atoms with Crippen LogP contribution in [0.15, 0.2) is 0 Å². The fourth-order valence-corrected chi connectivity index (χ4v) is 3.20. The third-order valence-electron chi connectivity index (χ3n) is 3.41. The van der Waals surface area contributed by atoms with Crippen molar-refractivity contribution in [3.8, 4) is 0 Å². The Hall–Kier alpha value is -0.130. The maximum atomic E-state index is 11.4. The zero-order valence-corrected chi connectivity index (χ0v) is 11.8. The first-order valence-corrected chi connectivity index (χ1v) is 8.42. The zero-order valence-electron chi connectivity index (χ0n) is 10.9. The van der Waals surface area contributed by atoms with Gasteiger partial charge in [-0.2, -0.15) is 0 Å². The molecule has 0 aliphatic carbocycles. The Labute approximate surface area is 105 Å². The van der Waals surface area contributed by atoms with E-state index in [0.29, 0.717) is 17.7 Å². The van der Waals surface area contributed by atoms with Crippen molar-refractivity contribution in [2.45, 2.75) is 39.2 Å². The van der Waals surface area contributed by atoms with Crippen molar-refractivity contribution in [1.29, 1.82) is 0 Å². The first kappa shape index (κ1) is 14.9. The smallest absolute Gasteiger partial charge is 0.150 e. The predicted molar refractivity (Wildman–Crippen MR) is 70.0 cm³/mol. The summed E-state index contributed by atoms with van der Waals surface area (Å²) in [5.41, 5.74) is 0. The summed E-state index contributed by atoms with van der Waals surface area (Å²) in [6.45, 7) is 6.40. The number of hydrogen-bond donors (Lipinski definition) is 1. The van der Waals surface area contributed by atoms with E-state index in [1.807, 2.05) is 0 Å². The molecule has 1 aliphatic heterocycles. The van der Waals surface area contributed by atoms with Gasteiger partial charge in [-0.05, 0) is 31.7 Å². The SMILES string of the molecule is CCNC(CCCS(=O)(=O)CC)C1CCOC1. The topological polar surface area (TPSA) is 55.4 Å². The third-order valence-corrected chi connectivity index (χ3v) is 5.20. The van der Waals surface area contributed by atoms with Crippen LogP contribution in [0.4, 0.5) is 0 Å². The molecule has 4 nitrogen and oxygen atoms in total. The standard InChI is InChI=1S/C12H25NO3S/c1-3-13-12(11-7-8-16-10-11)6-5-9-17(14,15)4-2/h11-13H,3-10H2,1-2H3. The summed E-state index contributed by atoms with van der Waals surface area (Å²) in [5, 5.41) is 3.45. The molecule has 2 unspecified atom stereocenters. The number of nitrogens with one attached hydrogen (secondary N) is 1. The Morgan fingerprint density at radius 1 is 1.41 bits per heavy atom. The molecule has 0 bridgehead atoms. The average molecular weight is 263 g/mol. The van der Waals surface area contributed by atoms with Gasteiger partial charge >= 0.3 is 0 Å². The molecular formula is C12H25NO3S. The van der Waals surface area contributed by atoms with Crippen LogP contribution in [0, 0.1) is 5.92 Å². The van der Waals surface area contributed by atoms with Crippen LogP contribution in [0.2, 0.25) is 0 Å². The highest BCUT2D eigenvalue weighted by molar-refractivity contribution is 7.91. The maximum Gasteiger partial charge on any atom is 0.150 e. The van der Waals surface area contributed by atoms with Gasteiger partial charge in [0.15, 0.2) is 0 Å². The lowest BCUT2D eigenvalue weighted by atomic mass is 9.95. The van der Waals surface area contributed by atoms with Gasteiger partial charge < -0.3 is 10.1 Å². The minimum atomic E-state index is -2.81. The van der Waals surface area contributed by atoms with Gasteiger partial charge in [-0.1, -0.05) is 13.8 Å². The van der Waals surface area contributed by atoms with Gasteiger partial charge in [0, 0.05) is 18.4 Å². The molecule has 1 aliphatic rings. The number of ether oxygens (including phenoxy) is 1. The Balaban J connectivity index is 2.34. The molecule has 0 spiro atoms. The summed E-state index contributed by atoms with van der Waals surface area (Å²) in [6.07, 6.45) is 2.78. The lowest BCUT2D eigenvalue weighted by Gasteiger charge is -2.23.